The van der Waals surface area contributed by atoms with Crippen molar-refractivity contribution in [2.24, 2.45) is 0 Å². The predicted octanol–water partition coefficient (Wildman–Crippen LogP) is 7.66. The molecule has 2 aliphatic heterocycles. The molecule has 46 heavy (non-hydrogen) atoms. The lowest BCUT2D eigenvalue weighted by Gasteiger charge is -2.34. The summed E-state index contributed by atoms with van der Waals surface area (Å²) in [5, 5.41) is 21.2. The van der Waals surface area contributed by atoms with Crippen LogP contribution in [0.25, 0.3) is 32.6 Å². The number of nitrogens with one attached hydrogen (secondary N) is 1. The molecule has 4 aromatic rings. The van der Waals surface area contributed by atoms with Crippen LogP contribution in [0.4, 0.5) is 23.4 Å². The normalized spacial score (nSPS) is 15.7. The average molecular weight is 671 g/mol. The summed E-state index contributed by atoms with van der Waals surface area (Å²) in [4.78, 5) is 26.9. The number of benzene rings is 2. The summed E-state index contributed by atoms with van der Waals surface area (Å²) >= 11 is 7.72. The summed E-state index contributed by atoms with van der Waals surface area (Å²) in [6.45, 7) is 10.8. The number of hydrogen-bond donors (Lipinski definition) is 1. The quantitative estimate of drug-likeness (QED) is 0.230. The van der Waals surface area contributed by atoms with Crippen molar-refractivity contribution in [3.05, 3.63) is 46.2 Å². The van der Waals surface area contributed by atoms with Crippen LogP contribution in [0.2, 0.25) is 5.02 Å². The molecule has 0 saturated carbocycles. The zero-order valence-electron chi connectivity index (χ0n) is 25.8. The van der Waals surface area contributed by atoms with Crippen LogP contribution in [0.15, 0.2) is 18.2 Å². The number of ether oxygens (including phenoxy) is 3. The van der Waals surface area contributed by atoms with Gasteiger partial charge in [0, 0.05) is 17.5 Å². The number of nitriles is 1. The Balaban J connectivity index is 1.43. The van der Waals surface area contributed by atoms with Gasteiger partial charge >= 0.3 is 12.2 Å². The molecular weight excluding hydrogens is 642 g/mol. The number of carbonyl (C=O) groups is 2. The number of anilines is 1. The molecule has 0 radical (unpaired) electrons. The maximum atomic E-state index is 16.2. The molecule has 0 fully saturated rings. The van der Waals surface area contributed by atoms with Gasteiger partial charge in [0.05, 0.1) is 33.4 Å². The summed E-state index contributed by atoms with van der Waals surface area (Å²) in [6, 6.07) is 5.26. The van der Waals surface area contributed by atoms with Crippen molar-refractivity contribution in [3.63, 3.8) is 0 Å². The molecule has 2 aromatic heterocycles. The van der Waals surface area contributed by atoms with Crippen molar-refractivity contribution < 1.29 is 32.6 Å². The number of amides is 2. The minimum absolute atomic E-state index is 0.0176. The smallest absolute Gasteiger partial charge is 0.412 e. The maximum Gasteiger partial charge on any atom is 0.412 e. The molecule has 0 spiro atoms. The van der Waals surface area contributed by atoms with E-state index in [2.05, 4.69) is 15.5 Å². The predicted molar refractivity (Wildman–Crippen MR) is 167 cm³/mol. The summed E-state index contributed by atoms with van der Waals surface area (Å²) in [6.07, 6.45) is -1.35. The molecule has 0 unspecified atom stereocenters. The van der Waals surface area contributed by atoms with Crippen LogP contribution < -0.4 is 10.1 Å². The van der Waals surface area contributed by atoms with Crippen molar-refractivity contribution in [2.45, 2.75) is 65.3 Å². The van der Waals surface area contributed by atoms with Crippen molar-refractivity contribution >= 4 is 50.2 Å². The number of hydrogen-bond acceptors (Lipinski definition) is 9. The lowest BCUT2D eigenvalue weighted by molar-refractivity contribution is 0.0144. The summed E-state index contributed by atoms with van der Waals surface area (Å²) in [5.74, 6) is -0.554. The fourth-order valence-corrected chi connectivity index (χ4v) is 6.89. The van der Waals surface area contributed by atoms with E-state index in [9.17, 15) is 14.9 Å². The molecule has 1 atom stereocenters. The van der Waals surface area contributed by atoms with E-state index in [1.165, 1.54) is 17.0 Å². The highest BCUT2D eigenvalue weighted by atomic mass is 35.5. The summed E-state index contributed by atoms with van der Waals surface area (Å²) < 4.78 is 50.2. The highest BCUT2D eigenvalue weighted by molar-refractivity contribution is 7.23. The minimum Gasteiger partial charge on any atom is -0.489 e. The van der Waals surface area contributed by atoms with Gasteiger partial charge in [-0.2, -0.15) is 5.26 Å². The van der Waals surface area contributed by atoms with E-state index in [1.54, 1.807) is 46.1 Å². The highest BCUT2D eigenvalue weighted by Crippen LogP contribution is 2.50. The zero-order valence-corrected chi connectivity index (χ0v) is 27.3. The van der Waals surface area contributed by atoms with E-state index in [1.807, 2.05) is 6.07 Å². The van der Waals surface area contributed by atoms with Crippen LogP contribution >= 0.6 is 22.9 Å². The van der Waals surface area contributed by atoms with Gasteiger partial charge in [-0.3, -0.25) is 10.2 Å². The van der Waals surface area contributed by atoms with Crippen molar-refractivity contribution in [1.29, 1.82) is 5.26 Å². The largest absolute Gasteiger partial charge is 0.489 e. The third-order valence-electron chi connectivity index (χ3n) is 7.17. The Bertz CT molecular complexity index is 1970. The molecule has 6 rings (SSSR count). The van der Waals surface area contributed by atoms with Gasteiger partial charge in [0.1, 0.15) is 46.3 Å². The number of carbonyl (C=O) groups excluding carboxylic acids is 2. The van der Waals surface area contributed by atoms with Crippen LogP contribution in [-0.4, -0.2) is 56.2 Å². The van der Waals surface area contributed by atoms with Gasteiger partial charge in [0.25, 0.3) is 0 Å². The van der Waals surface area contributed by atoms with Gasteiger partial charge in [0.15, 0.2) is 11.6 Å². The topological polar surface area (TPSA) is 132 Å². The van der Waals surface area contributed by atoms with Gasteiger partial charge in [-0.15, -0.1) is 21.5 Å². The molecule has 0 bridgehead atoms. The Morgan fingerprint density at radius 2 is 1.83 bits per heavy atom. The number of fused-ring (bicyclic) bond motifs is 3. The molecule has 2 aliphatic rings. The molecular formula is C31H29ClF2N6O5S. The Labute approximate surface area is 271 Å². The molecule has 1 N–H and O–H groups in total. The minimum atomic E-state index is -0.833. The Hall–Kier alpha value is -4.48. The molecule has 4 heterocycles. The second kappa shape index (κ2) is 11.1. The van der Waals surface area contributed by atoms with Crippen LogP contribution in [0.1, 0.15) is 59.0 Å². The zero-order chi connectivity index (χ0) is 33.3. The standard InChI is InChI=1S/C31H29ClF2N6O5S/c1-30(2,3)44-28(41)36-27-17(10-35)21-15(7-8-18(33)25(21)46-27)22-19(34)9-16-24(23(22)32)43-13-14-11-39(29(42)45-31(4,5)6)12-20-37-38-26(16)40(14)20/h7-9,14H,11-13H2,1-6H3,(H,36,41)/t14-/m1/s1. The van der Waals surface area contributed by atoms with E-state index in [4.69, 9.17) is 25.8 Å². The molecule has 2 amide bonds. The first-order valence-electron chi connectivity index (χ1n) is 14.3. The highest BCUT2D eigenvalue weighted by Gasteiger charge is 2.38. The van der Waals surface area contributed by atoms with Gasteiger partial charge in [-0.25, -0.2) is 18.4 Å². The number of rotatable bonds is 2. The van der Waals surface area contributed by atoms with Crippen molar-refractivity contribution in [1.82, 2.24) is 19.7 Å². The van der Waals surface area contributed by atoms with Crippen LogP contribution in [0, 0.1) is 23.0 Å². The van der Waals surface area contributed by atoms with Gasteiger partial charge in [-0.1, -0.05) is 17.7 Å². The van der Waals surface area contributed by atoms with Crippen LogP contribution in [0.5, 0.6) is 5.75 Å². The fourth-order valence-electron chi connectivity index (χ4n) is 5.47. The molecule has 240 valence electrons. The van der Waals surface area contributed by atoms with Gasteiger partial charge in [-0.05, 0) is 59.2 Å². The monoisotopic (exact) mass is 670 g/mol. The SMILES string of the molecule is CC(C)(C)OC(=O)Nc1sc2c(F)ccc(-c3c(F)cc4c(c3Cl)OC[C@H]3CN(C(=O)OC(C)(C)C)Cc5nnc-4n53)c2c1C#N. The summed E-state index contributed by atoms with van der Waals surface area (Å²) in [7, 11) is 0. The Morgan fingerprint density at radius 3 is 2.50 bits per heavy atom. The third kappa shape index (κ3) is 5.58. The first kappa shape index (κ1) is 31.5. The molecule has 15 heteroatoms. The lowest BCUT2D eigenvalue weighted by atomic mass is 9.96. The molecule has 2 aromatic carbocycles. The maximum absolute atomic E-state index is 16.2. The van der Waals surface area contributed by atoms with E-state index in [0.29, 0.717) is 11.6 Å². The molecule has 0 aliphatic carbocycles. The summed E-state index contributed by atoms with van der Waals surface area (Å²) in [5.41, 5.74) is -1.35. The van der Waals surface area contributed by atoms with Gasteiger partial charge in [0.2, 0.25) is 0 Å². The molecule has 0 saturated heterocycles. The van der Waals surface area contributed by atoms with E-state index in [-0.39, 0.29) is 67.8 Å². The van der Waals surface area contributed by atoms with Crippen LogP contribution in [-0.2, 0) is 16.0 Å². The average Bonchev–Trinajstić information content (AvgIpc) is 3.48. The van der Waals surface area contributed by atoms with E-state index in [0.717, 1.165) is 17.4 Å². The van der Waals surface area contributed by atoms with Gasteiger partial charge < -0.3 is 18.8 Å². The number of thiophene rings is 1. The number of aromatic nitrogens is 3. The molecule has 11 nitrogen and oxygen atoms in total. The Morgan fingerprint density at radius 1 is 1.11 bits per heavy atom. The van der Waals surface area contributed by atoms with E-state index >= 15 is 8.78 Å². The first-order chi connectivity index (χ1) is 21.6. The van der Waals surface area contributed by atoms with Crippen LogP contribution in [0.3, 0.4) is 0 Å². The second-order valence-corrected chi connectivity index (χ2v) is 14.3. The first-order valence-corrected chi connectivity index (χ1v) is 15.5. The lowest BCUT2D eigenvalue weighted by Crippen LogP contribution is -2.44. The van der Waals surface area contributed by atoms with Crippen molar-refractivity contribution in [2.75, 3.05) is 18.5 Å². The van der Waals surface area contributed by atoms with Crippen molar-refractivity contribution in [3.8, 4) is 34.3 Å². The second-order valence-electron chi connectivity index (χ2n) is 12.9. The fraction of sp³-hybridized carbons (Fsp3) is 0.387. The number of nitrogens with zero attached hydrogens (tertiary/aromatic N) is 5. The Kier molecular flexibility index (Phi) is 7.60. The third-order valence-corrected chi connectivity index (χ3v) is 8.64. The van der Waals surface area contributed by atoms with E-state index < -0.39 is 41.1 Å². The number of halogens is 3.